The first-order chi connectivity index (χ1) is 18.8. The summed E-state index contributed by atoms with van der Waals surface area (Å²) in [6.07, 6.45) is 11.0. The lowest BCUT2D eigenvalue weighted by molar-refractivity contribution is -0.140. The quantitative estimate of drug-likeness (QED) is 0.104. The molecule has 218 valence electrons. The molecule has 1 atom stereocenters. The first-order valence-corrected chi connectivity index (χ1v) is 16.7. The van der Waals surface area contributed by atoms with E-state index in [1.165, 1.54) is 56.0 Å². The van der Waals surface area contributed by atoms with Crippen molar-refractivity contribution in [3.8, 4) is 0 Å². The zero-order valence-corrected chi connectivity index (χ0v) is 26.1. The van der Waals surface area contributed by atoms with Crippen LogP contribution in [0.3, 0.4) is 0 Å². The molecule has 2 rings (SSSR count). The summed E-state index contributed by atoms with van der Waals surface area (Å²) in [5, 5.41) is 2.50. The van der Waals surface area contributed by atoms with Gasteiger partial charge in [0, 0.05) is 20.1 Å². The highest BCUT2D eigenvalue weighted by molar-refractivity contribution is 6.99. The van der Waals surface area contributed by atoms with Gasteiger partial charge in [-0.3, -0.25) is 4.79 Å². The van der Waals surface area contributed by atoms with Crippen LogP contribution in [0.15, 0.2) is 60.7 Å². The van der Waals surface area contributed by atoms with Crippen molar-refractivity contribution >= 4 is 24.7 Å². The lowest BCUT2D eigenvalue weighted by atomic mass is 10.1. The van der Waals surface area contributed by atoms with Crippen molar-refractivity contribution in [1.82, 2.24) is 0 Å². The van der Waals surface area contributed by atoms with Crippen molar-refractivity contribution in [2.24, 2.45) is 0 Å². The van der Waals surface area contributed by atoms with E-state index in [4.69, 9.17) is 13.9 Å². The van der Waals surface area contributed by atoms with Gasteiger partial charge in [0.2, 0.25) is 0 Å². The van der Waals surface area contributed by atoms with Crippen LogP contribution >= 0.6 is 0 Å². The molecule has 0 unspecified atom stereocenters. The summed E-state index contributed by atoms with van der Waals surface area (Å²) in [7, 11) is 0.627. The monoisotopic (exact) mass is 556 g/mol. The number of esters is 1. The average molecular weight is 557 g/mol. The number of rotatable bonds is 20. The maximum atomic E-state index is 11.1. The second kappa shape index (κ2) is 18.4. The molecule has 0 fully saturated rings. The molecule has 0 heterocycles. The van der Waals surface area contributed by atoms with E-state index >= 15 is 0 Å². The number of hydrogen-bond acceptors (Lipinski definition) is 5. The maximum Gasteiger partial charge on any atom is 0.305 e. The molecule has 0 bridgehead atoms. The van der Waals surface area contributed by atoms with Gasteiger partial charge in [0.1, 0.15) is 6.10 Å². The normalized spacial score (nSPS) is 12.8. The van der Waals surface area contributed by atoms with E-state index in [9.17, 15) is 4.79 Å². The van der Waals surface area contributed by atoms with E-state index < -0.39 is 8.32 Å². The van der Waals surface area contributed by atoms with Gasteiger partial charge < -0.3 is 18.6 Å². The highest BCUT2D eigenvalue weighted by Gasteiger charge is 2.50. The summed E-state index contributed by atoms with van der Waals surface area (Å²) in [5.74, 6) is -0.0965. The minimum atomic E-state index is -2.58. The molecule has 0 aliphatic rings. The van der Waals surface area contributed by atoms with Crippen LogP contribution in [-0.2, 0) is 23.4 Å². The van der Waals surface area contributed by atoms with Crippen molar-refractivity contribution in [3.63, 3.8) is 0 Å². The molecule has 2 aromatic carbocycles. The number of unbranched alkanes of at least 4 members (excludes halogenated alkanes) is 8. The standard InChI is InChI=1S/C33H52O5Si/c1-33(2,3)39(30-21-15-13-16-22-30,31-23-17-14-18-24-31)38-28-29(35-4)27-37-26-20-12-10-8-6-7-9-11-19-25-32(34)36-5/h13-18,21-24,29H,6-12,19-20,25-28H2,1-5H3/t29-/m1/s1. The summed E-state index contributed by atoms with van der Waals surface area (Å²) in [4.78, 5) is 11.1. The number of carbonyl (C=O) groups excluding carboxylic acids is 1. The Hall–Kier alpha value is -1.99. The molecular weight excluding hydrogens is 504 g/mol. The molecule has 0 aliphatic heterocycles. The number of ether oxygens (including phenoxy) is 3. The third-order valence-corrected chi connectivity index (χ3v) is 12.4. The number of carbonyl (C=O) groups is 1. The minimum Gasteiger partial charge on any atom is -0.469 e. The fraction of sp³-hybridized carbons (Fsp3) is 0.606. The Balaban J connectivity index is 1.74. The van der Waals surface area contributed by atoms with Crippen LogP contribution < -0.4 is 10.4 Å². The largest absolute Gasteiger partial charge is 0.469 e. The number of hydrogen-bond donors (Lipinski definition) is 0. The van der Waals surface area contributed by atoms with Crippen molar-refractivity contribution in [1.29, 1.82) is 0 Å². The fourth-order valence-electron chi connectivity index (χ4n) is 5.19. The molecule has 0 saturated carbocycles. The van der Waals surface area contributed by atoms with Crippen LogP contribution in [-0.4, -0.2) is 54.4 Å². The van der Waals surface area contributed by atoms with E-state index in [1.54, 1.807) is 7.11 Å². The summed E-state index contributed by atoms with van der Waals surface area (Å²) < 4.78 is 23.5. The molecule has 6 heteroatoms. The second-order valence-corrected chi connectivity index (χ2v) is 15.7. The van der Waals surface area contributed by atoms with E-state index in [0.29, 0.717) is 19.6 Å². The van der Waals surface area contributed by atoms with Gasteiger partial charge in [-0.25, -0.2) is 0 Å². The lowest BCUT2D eigenvalue weighted by Gasteiger charge is -2.43. The van der Waals surface area contributed by atoms with Gasteiger partial charge in [-0.1, -0.05) is 126 Å². The number of methoxy groups -OCH3 is 2. The van der Waals surface area contributed by atoms with Crippen molar-refractivity contribution in [2.75, 3.05) is 34.0 Å². The van der Waals surface area contributed by atoms with Gasteiger partial charge in [-0.2, -0.15) is 0 Å². The third kappa shape index (κ3) is 11.2. The Bertz CT molecular complexity index is 858. The third-order valence-electron chi connectivity index (χ3n) is 7.44. The Labute approximate surface area is 238 Å². The van der Waals surface area contributed by atoms with Crippen molar-refractivity contribution in [2.45, 2.75) is 96.1 Å². The van der Waals surface area contributed by atoms with Crippen molar-refractivity contribution in [3.05, 3.63) is 60.7 Å². The summed E-state index contributed by atoms with van der Waals surface area (Å²) in [5.41, 5.74) is 0. The molecule has 39 heavy (non-hydrogen) atoms. The SMILES string of the molecule is COC(=O)CCCCCCCCCCCOC[C@H](CO[Si](c1ccccc1)(c1ccccc1)C(C)(C)C)OC. The molecule has 0 aliphatic carbocycles. The zero-order valence-electron chi connectivity index (χ0n) is 25.1. The first-order valence-electron chi connectivity index (χ1n) is 14.8. The molecule has 0 saturated heterocycles. The molecule has 0 radical (unpaired) electrons. The fourth-order valence-corrected chi connectivity index (χ4v) is 9.78. The maximum absolute atomic E-state index is 11.1. The Morgan fingerprint density at radius 1 is 0.718 bits per heavy atom. The zero-order chi connectivity index (χ0) is 28.4. The van der Waals surface area contributed by atoms with Crippen LogP contribution in [0.1, 0.15) is 85.0 Å². The second-order valence-electron chi connectivity index (χ2n) is 11.4. The first kappa shape index (κ1) is 33.2. The van der Waals surface area contributed by atoms with Gasteiger partial charge in [0.15, 0.2) is 0 Å². The highest BCUT2D eigenvalue weighted by atomic mass is 28.4. The summed E-state index contributed by atoms with van der Waals surface area (Å²) in [6.45, 7) is 8.68. The summed E-state index contributed by atoms with van der Waals surface area (Å²) in [6, 6.07) is 21.4. The highest BCUT2D eigenvalue weighted by Crippen LogP contribution is 2.36. The molecule has 0 N–H and O–H groups in total. The molecule has 0 amide bonds. The average Bonchev–Trinajstić information content (AvgIpc) is 2.94. The smallest absolute Gasteiger partial charge is 0.305 e. The van der Waals surface area contributed by atoms with Crippen molar-refractivity contribution < 1.29 is 23.4 Å². The minimum absolute atomic E-state index is 0.0576. The molecule has 2 aromatic rings. The van der Waals surface area contributed by atoms with Crippen LogP contribution in [0.4, 0.5) is 0 Å². The predicted octanol–water partition coefficient (Wildman–Crippen LogP) is 6.67. The van der Waals surface area contributed by atoms with Crippen LogP contribution in [0, 0.1) is 0 Å². The van der Waals surface area contributed by atoms with E-state index in [0.717, 1.165) is 25.9 Å². The molecule has 5 nitrogen and oxygen atoms in total. The topological polar surface area (TPSA) is 54.0 Å². The number of benzene rings is 2. The van der Waals surface area contributed by atoms with Crippen LogP contribution in [0.5, 0.6) is 0 Å². The van der Waals surface area contributed by atoms with Gasteiger partial charge in [-0.05, 0) is 28.3 Å². The van der Waals surface area contributed by atoms with E-state index in [-0.39, 0.29) is 17.1 Å². The molecule has 0 spiro atoms. The van der Waals surface area contributed by atoms with Gasteiger partial charge >= 0.3 is 5.97 Å². The van der Waals surface area contributed by atoms with E-state index in [1.807, 2.05) is 0 Å². The molecular formula is C33H52O5Si. The van der Waals surface area contributed by atoms with Crippen LogP contribution in [0.2, 0.25) is 5.04 Å². The van der Waals surface area contributed by atoms with Crippen LogP contribution in [0.25, 0.3) is 0 Å². The van der Waals surface area contributed by atoms with Gasteiger partial charge in [-0.15, -0.1) is 0 Å². The molecule has 0 aromatic heterocycles. The van der Waals surface area contributed by atoms with Gasteiger partial charge in [0.25, 0.3) is 8.32 Å². The Morgan fingerprint density at radius 3 is 1.67 bits per heavy atom. The Kier molecular flexibility index (Phi) is 15.6. The predicted molar refractivity (Wildman–Crippen MR) is 163 cm³/mol. The Morgan fingerprint density at radius 2 is 1.21 bits per heavy atom. The summed E-state index contributed by atoms with van der Waals surface area (Å²) >= 11 is 0. The van der Waals surface area contributed by atoms with Gasteiger partial charge in [0.05, 0.1) is 20.3 Å². The lowest BCUT2D eigenvalue weighted by Crippen LogP contribution is -2.67. The van der Waals surface area contributed by atoms with E-state index in [2.05, 4.69) is 86.2 Å².